The number of rotatable bonds is 9. The highest BCUT2D eigenvalue weighted by molar-refractivity contribution is 4.84. The molecule has 1 aliphatic rings. The molecule has 0 atom stereocenters. The molecule has 0 saturated heterocycles. The summed E-state index contributed by atoms with van der Waals surface area (Å²) in [4.78, 5) is 2.60. The molecule has 3 nitrogen and oxygen atoms in total. The fourth-order valence-corrected chi connectivity index (χ4v) is 1.77. The van der Waals surface area contributed by atoms with Gasteiger partial charge in [0.05, 0.1) is 0 Å². The molecule has 0 aromatic rings. The van der Waals surface area contributed by atoms with E-state index in [2.05, 4.69) is 4.90 Å². The first-order valence-corrected chi connectivity index (χ1v) is 5.81. The first-order valence-electron chi connectivity index (χ1n) is 5.81. The summed E-state index contributed by atoms with van der Waals surface area (Å²) in [5, 5.41) is 0. The van der Waals surface area contributed by atoms with Gasteiger partial charge in [-0.15, -0.1) is 0 Å². The number of unbranched alkanes of at least 4 members (excludes halogenated alkanes) is 1. The normalized spacial score (nSPS) is 16.5. The molecule has 1 saturated carbocycles. The highest BCUT2D eigenvalue weighted by Crippen LogP contribution is 2.26. The topological polar surface area (TPSA) is 38.5 Å². The second-order valence-corrected chi connectivity index (χ2v) is 4.11. The molecular formula is C11H24N2O. The summed E-state index contributed by atoms with van der Waals surface area (Å²) >= 11 is 0. The summed E-state index contributed by atoms with van der Waals surface area (Å²) in [6.45, 7) is 4.14. The van der Waals surface area contributed by atoms with E-state index < -0.39 is 0 Å². The Bertz CT molecular complexity index is 137. The van der Waals surface area contributed by atoms with Crippen molar-refractivity contribution in [2.45, 2.75) is 38.1 Å². The van der Waals surface area contributed by atoms with E-state index in [1.54, 1.807) is 7.11 Å². The van der Waals surface area contributed by atoms with Crippen molar-refractivity contribution in [3.8, 4) is 0 Å². The monoisotopic (exact) mass is 200 g/mol. The van der Waals surface area contributed by atoms with Crippen LogP contribution in [-0.2, 0) is 4.74 Å². The maximum absolute atomic E-state index is 5.53. The molecule has 0 bridgehead atoms. The van der Waals surface area contributed by atoms with E-state index >= 15 is 0 Å². The molecular weight excluding hydrogens is 176 g/mol. The van der Waals surface area contributed by atoms with Crippen LogP contribution in [-0.4, -0.2) is 44.3 Å². The largest absolute Gasteiger partial charge is 0.385 e. The van der Waals surface area contributed by atoms with Crippen LogP contribution in [0.2, 0.25) is 0 Å². The molecule has 0 heterocycles. The minimum absolute atomic E-state index is 0.821. The van der Waals surface area contributed by atoms with Crippen LogP contribution in [0.5, 0.6) is 0 Å². The Labute approximate surface area is 87.6 Å². The number of nitrogens with zero attached hydrogens (tertiary/aromatic N) is 1. The zero-order valence-corrected chi connectivity index (χ0v) is 9.37. The van der Waals surface area contributed by atoms with Gasteiger partial charge in [-0.2, -0.15) is 0 Å². The fourth-order valence-electron chi connectivity index (χ4n) is 1.77. The van der Waals surface area contributed by atoms with Crippen molar-refractivity contribution in [3.63, 3.8) is 0 Å². The van der Waals surface area contributed by atoms with Gasteiger partial charge in [-0.25, -0.2) is 0 Å². The maximum atomic E-state index is 5.53. The van der Waals surface area contributed by atoms with Crippen molar-refractivity contribution in [1.82, 2.24) is 4.90 Å². The standard InChI is InChI=1S/C11H24N2O/c1-14-10-3-2-8-13(9-4-7-12)11-5-6-11/h11H,2-10,12H2,1H3. The fraction of sp³-hybridized carbons (Fsp3) is 1.00. The summed E-state index contributed by atoms with van der Waals surface area (Å²) in [5.41, 5.74) is 5.53. The maximum Gasteiger partial charge on any atom is 0.0462 e. The van der Waals surface area contributed by atoms with Gasteiger partial charge >= 0.3 is 0 Å². The lowest BCUT2D eigenvalue weighted by Crippen LogP contribution is -2.29. The van der Waals surface area contributed by atoms with Gasteiger partial charge in [0, 0.05) is 19.8 Å². The van der Waals surface area contributed by atoms with Gasteiger partial charge < -0.3 is 15.4 Å². The third kappa shape index (κ3) is 4.94. The van der Waals surface area contributed by atoms with Crippen LogP contribution in [0.3, 0.4) is 0 Å². The van der Waals surface area contributed by atoms with Crippen LogP contribution in [0.1, 0.15) is 32.1 Å². The molecule has 1 aliphatic carbocycles. The summed E-state index contributed by atoms with van der Waals surface area (Å²) in [5.74, 6) is 0. The van der Waals surface area contributed by atoms with Gasteiger partial charge in [0.2, 0.25) is 0 Å². The summed E-state index contributed by atoms with van der Waals surface area (Å²) in [6, 6.07) is 0.879. The van der Waals surface area contributed by atoms with E-state index in [9.17, 15) is 0 Å². The molecule has 0 amide bonds. The van der Waals surface area contributed by atoms with Gasteiger partial charge in [-0.05, 0) is 51.7 Å². The van der Waals surface area contributed by atoms with Crippen molar-refractivity contribution in [2.75, 3.05) is 33.4 Å². The molecule has 1 fully saturated rings. The Balaban J connectivity index is 2.02. The summed E-state index contributed by atoms with van der Waals surface area (Å²) in [6.07, 6.45) is 6.38. The molecule has 3 heteroatoms. The van der Waals surface area contributed by atoms with Crippen molar-refractivity contribution < 1.29 is 4.74 Å². The number of ether oxygens (including phenoxy) is 1. The quantitative estimate of drug-likeness (QED) is 0.569. The first-order chi connectivity index (χ1) is 6.88. The Morgan fingerprint density at radius 1 is 1.21 bits per heavy atom. The highest BCUT2D eigenvalue weighted by atomic mass is 16.5. The second kappa shape index (κ2) is 7.21. The molecule has 2 N–H and O–H groups in total. The minimum Gasteiger partial charge on any atom is -0.385 e. The lowest BCUT2D eigenvalue weighted by Gasteiger charge is -2.21. The lowest BCUT2D eigenvalue weighted by molar-refractivity contribution is 0.182. The van der Waals surface area contributed by atoms with Crippen molar-refractivity contribution in [3.05, 3.63) is 0 Å². The van der Waals surface area contributed by atoms with E-state index in [4.69, 9.17) is 10.5 Å². The molecule has 0 aromatic carbocycles. The molecule has 1 rings (SSSR count). The number of hydrogen-bond donors (Lipinski definition) is 1. The SMILES string of the molecule is COCCCCN(CCCN)C1CC1. The highest BCUT2D eigenvalue weighted by Gasteiger charge is 2.27. The van der Waals surface area contributed by atoms with Crippen LogP contribution < -0.4 is 5.73 Å². The van der Waals surface area contributed by atoms with Gasteiger partial charge in [0.25, 0.3) is 0 Å². The molecule has 84 valence electrons. The smallest absolute Gasteiger partial charge is 0.0462 e. The predicted octanol–water partition coefficient (Wildman–Crippen LogP) is 1.23. The first kappa shape index (κ1) is 12.0. The molecule has 0 radical (unpaired) electrons. The van der Waals surface area contributed by atoms with Crippen LogP contribution in [0.15, 0.2) is 0 Å². The number of nitrogens with two attached hydrogens (primary N) is 1. The van der Waals surface area contributed by atoms with E-state index in [-0.39, 0.29) is 0 Å². The third-order valence-corrected chi connectivity index (χ3v) is 2.76. The van der Waals surface area contributed by atoms with Gasteiger partial charge in [-0.3, -0.25) is 0 Å². The van der Waals surface area contributed by atoms with Crippen molar-refractivity contribution >= 4 is 0 Å². The number of methoxy groups -OCH3 is 1. The van der Waals surface area contributed by atoms with E-state index in [1.165, 1.54) is 38.8 Å². The molecule has 14 heavy (non-hydrogen) atoms. The molecule has 0 spiro atoms. The Hall–Kier alpha value is -0.120. The Kier molecular flexibility index (Phi) is 6.15. The second-order valence-electron chi connectivity index (χ2n) is 4.11. The zero-order chi connectivity index (χ0) is 10.2. The van der Waals surface area contributed by atoms with E-state index in [0.29, 0.717) is 0 Å². The molecule has 0 aromatic heterocycles. The minimum atomic E-state index is 0.821. The van der Waals surface area contributed by atoms with Crippen LogP contribution in [0, 0.1) is 0 Å². The number of hydrogen-bond acceptors (Lipinski definition) is 3. The average Bonchev–Trinajstić information content (AvgIpc) is 3.00. The van der Waals surface area contributed by atoms with Crippen molar-refractivity contribution in [2.24, 2.45) is 5.73 Å². The van der Waals surface area contributed by atoms with E-state index in [1.807, 2.05) is 0 Å². The van der Waals surface area contributed by atoms with E-state index in [0.717, 1.165) is 25.6 Å². The summed E-state index contributed by atoms with van der Waals surface area (Å²) in [7, 11) is 1.77. The lowest BCUT2D eigenvalue weighted by atomic mass is 10.2. The van der Waals surface area contributed by atoms with Crippen LogP contribution >= 0.6 is 0 Å². The molecule has 0 aliphatic heterocycles. The van der Waals surface area contributed by atoms with Crippen molar-refractivity contribution in [1.29, 1.82) is 0 Å². The van der Waals surface area contributed by atoms with Crippen LogP contribution in [0.25, 0.3) is 0 Å². The Morgan fingerprint density at radius 2 is 1.93 bits per heavy atom. The van der Waals surface area contributed by atoms with Crippen LogP contribution in [0.4, 0.5) is 0 Å². The average molecular weight is 200 g/mol. The van der Waals surface area contributed by atoms with Gasteiger partial charge in [0.1, 0.15) is 0 Å². The Morgan fingerprint density at radius 3 is 2.50 bits per heavy atom. The zero-order valence-electron chi connectivity index (χ0n) is 9.37. The molecule has 0 unspecified atom stereocenters. The van der Waals surface area contributed by atoms with Gasteiger partial charge in [0.15, 0.2) is 0 Å². The van der Waals surface area contributed by atoms with Gasteiger partial charge in [-0.1, -0.05) is 0 Å². The third-order valence-electron chi connectivity index (χ3n) is 2.76. The summed E-state index contributed by atoms with van der Waals surface area (Å²) < 4.78 is 5.04. The predicted molar refractivity (Wildman–Crippen MR) is 59.4 cm³/mol.